The van der Waals surface area contributed by atoms with Crippen LogP contribution in [0.5, 0.6) is 0 Å². The molecule has 0 fully saturated rings. The first kappa shape index (κ1) is 32.3. The van der Waals surface area contributed by atoms with Gasteiger partial charge >= 0.3 is 0 Å². The zero-order chi connectivity index (χ0) is 25.1. The number of aliphatic hydroxyl groups is 2. The largest absolute Gasteiger partial charge is 0.394 e. The molecule has 0 amide bonds. The smallest absolute Gasteiger partial charge is 0.0662 e. The van der Waals surface area contributed by atoms with Crippen molar-refractivity contribution in [1.29, 1.82) is 0 Å². The fourth-order valence-corrected chi connectivity index (χ4v) is 3.33. The van der Waals surface area contributed by atoms with E-state index in [4.69, 9.17) is 14.9 Å². The zero-order valence-corrected chi connectivity index (χ0v) is 22.1. The molecule has 0 radical (unpaired) electrons. The molecule has 0 heterocycles. The van der Waals surface area contributed by atoms with Gasteiger partial charge in [-0.3, -0.25) is 0 Å². The average molecular weight is 474 g/mol. The van der Waals surface area contributed by atoms with Crippen LogP contribution in [0.4, 0.5) is 0 Å². The lowest BCUT2D eigenvalue weighted by molar-refractivity contribution is 0.128. The van der Waals surface area contributed by atoms with Crippen LogP contribution in [0.15, 0.2) is 60.7 Å². The molecule has 0 aromatic heterocycles. The number of ether oxygens (including phenoxy) is 1. The molecular formula is C30H51NO3. The topological polar surface area (TPSA) is 52.9 Å². The Kier molecular flexibility index (Phi) is 24.6. The van der Waals surface area contributed by atoms with Crippen LogP contribution in [0, 0.1) is 0 Å². The normalized spacial score (nSPS) is 10.3. The van der Waals surface area contributed by atoms with Gasteiger partial charge in [-0.15, -0.1) is 0 Å². The van der Waals surface area contributed by atoms with Crippen LogP contribution in [-0.4, -0.2) is 61.2 Å². The monoisotopic (exact) mass is 473 g/mol. The molecule has 4 heteroatoms. The summed E-state index contributed by atoms with van der Waals surface area (Å²) in [5.41, 5.74) is 2.91. The highest BCUT2D eigenvalue weighted by Gasteiger charge is 2.02. The maximum absolute atomic E-state index is 7.62. The van der Waals surface area contributed by atoms with Crippen LogP contribution < -0.4 is 0 Å². The predicted octanol–water partition coefficient (Wildman–Crippen LogP) is 6.15. The van der Waals surface area contributed by atoms with Gasteiger partial charge in [0.1, 0.15) is 0 Å². The van der Waals surface area contributed by atoms with Gasteiger partial charge in [0.2, 0.25) is 0 Å². The van der Waals surface area contributed by atoms with Crippen molar-refractivity contribution in [2.45, 2.75) is 72.1 Å². The van der Waals surface area contributed by atoms with Crippen molar-refractivity contribution in [1.82, 2.24) is 4.90 Å². The fourth-order valence-electron chi connectivity index (χ4n) is 3.33. The van der Waals surface area contributed by atoms with E-state index in [1.165, 1.54) is 75.6 Å². The van der Waals surface area contributed by atoms with Crippen LogP contribution in [0.2, 0.25) is 0 Å². The van der Waals surface area contributed by atoms with E-state index in [1.807, 2.05) is 0 Å². The lowest BCUT2D eigenvalue weighted by Gasteiger charge is -2.20. The molecule has 0 spiro atoms. The number of unbranched alkanes of at least 4 members (excludes halogenated alkanes) is 2. The van der Waals surface area contributed by atoms with Gasteiger partial charge in [-0.05, 0) is 69.3 Å². The van der Waals surface area contributed by atoms with Gasteiger partial charge in [-0.2, -0.15) is 0 Å². The number of rotatable bonds is 16. The third-order valence-electron chi connectivity index (χ3n) is 5.40. The summed E-state index contributed by atoms with van der Waals surface area (Å²) >= 11 is 0. The highest BCUT2D eigenvalue weighted by Crippen LogP contribution is 2.06. The second-order valence-corrected chi connectivity index (χ2v) is 8.38. The van der Waals surface area contributed by atoms with Crippen molar-refractivity contribution < 1.29 is 14.9 Å². The first-order chi connectivity index (χ1) is 16.7. The zero-order valence-electron chi connectivity index (χ0n) is 22.1. The van der Waals surface area contributed by atoms with Gasteiger partial charge in [0.25, 0.3) is 0 Å². The van der Waals surface area contributed by atoms with E-state index in [1.54, 1.807) is 0 Å². The van der Waals surface area contributed by atoms with Gasteiger partial charge in [0.05, 0.1) is 13.2 Å². The minimum Gasteiger partial charge on any atom is -0.394 e. The molecule has 0 unspecified atom stereocenters. The van der Waals surface area contributed by atoms with Crippen molar-refractivity contribution in [2.24, 2.45) is 0 Å². The van der Waals surface area contributed by atoms with Crippen LogP contribution >= 0.6 is 0 Å². The maximum atomic E-state index is 7.62. The summed E-state index contributed by atoms with van der Waals surface area (Å²) in [6, 6.07) is 21.6. The summed E-state index contributed by atoms with van der Waals surface area (Å²) in [7, 11) is 0. The Morgan fingerprint density at radius 1 is 0.618 bits per heavy atom. The standard InChI is InChI=1S/C20H27N.C8H18O.C2H6O2/c1-2-21(17-9-15-19-11-5-3-6-12-19)18-10-16-20-13-7-4-8-14-20;1-3-5-7-9-8-6-4-2;3-1-2-4/h3-8,11-14H,2,9-10,15-18H2,1H3;3-8H2,1-2H3;3-4H,1-2H2. The molecule has 0 aliphatic heterocycles. The minimum atomic E-state index is -0.125. The van der Waals surface area contributed by atoms with Crippen molar-refractivity contribution in [3.63, 3.8) is 0 Å². The number of nitrogens with zero attached hydrogens (tertiary/aromatic N) is 1. The summed E-state index contributed by atoms with van der Waals surface area (Å²) in [6.07, 6.45) is 9.80. The van der Waals surface area contributed by atoms with Crippen molar-refractivity contribution >= 4 is 0 Å². The summed E-state index contributed by atoms with van der Waals surface area (Å²) in [5.74, 6) is 0. The number of hydrogen-bond donors (Lipinski definition) is 2. The summed E-state index contributed by atoms with van der Waals surface area (Å²) in [4.78, 5) is 2.58. The van der Waals surface area contributed by atoms with Gasteiger partial charge in [-0.25, -0.2) is 0 Å². The molecule has 0 atom stereocenters. The summed E-state index contributed by atoms with van der Waals surface area (Å²) in [5, 5.41) is 15.2. The van der Waals surface area contributed by atoms with Crippen molar-refractivity contribution in [3.8, 4) is 0 Å². The molecule has 0 saturated heterocycles. The molecule has 0 aliphatic rings. The third-order valence-corrected chi connectivity index (χ3v) is 5.40. The molecule has 34 heavy (non-hydrogen) atoms. The lowest BCUT2D eigenvalue weighted by Crippen LogP contribution is -2.26. The van der Waals surface area contributed by atoms with Gasteiger partial charge in [0, 0.05) is 13.2 Å². The highest BCUT2D eigenvalue weighted by atomic mass is 16.5. The first-order valence-electron chi connectivity index (χ1n) is 13.3. The second-order valence-electron chi connectivity index (χ2n) is 8.38. The Morgan fingerprint density at radius 3 is 1.35 bits per heavy atom. The molecule has 0 bridgehead atoms. The van der Waals surface area contributed by atoms with E-state index in [-0.39, 0.29) is 13.2 Å². The fraction of sp³-hybridized carbons (Fsp3) is 0.600. The minimum absolute atomic E-state index is 0.125. The van der Waals surface area contributed by atoms with Crippen molar-refractivity contribution in [2.75, 3.05) is 46.1 Å². The number of benzene rings is 2. The number of aryl methyl sites for hydroxylation is 2. The van der Waals surface area contributed by atoms with Crippen LogP contribution in [0.25, 0.3) is 0 Å². The summed E-state index contributed by atoms with van der Waals surface area (Å²) in [6.45, 7) is 11.9. The number of aliphatic hydroxyl groups excluding tert-OH is 2. The third kappa shape index (κ3) is 20.9. The van der Waals surface area contributed by atoms with E-state index in [2.05, 4.69) is 86.3 Å². The molecule has 4 nitrogen and oxygen atoms in total. The van der Waals surface area contributed by atoms with Crippen LogP contribution in [0.3, 0.4) is 0 Å². The van der Waals surface area contributed by atoms with E-state index >= 15 is 0 Å². The van der Waals surface area contributed by atoms with Crippen molar-refractivity contribution in [3.05, 3.63) is 71.8 Å². The van der Waals surface area contributed by atoms with Crippen LogP contribution in [0.1, 0.15) is 70.4 Å². The lowest BCUT2D eigenvalue weighted by atomic mass is 10.1. The highest BCUT2D eigenvalue weighted by molar-refractivity contribution is 5.15. The van der Waals surface area contributed by atoms with E-state index in [0.717, 1.165) is 19.8 Å². The van der Waals surface area contributed by atoms with Gasteiger partial charge < -0.3 is 19.8 Å². The Hall–Kier alpha value is -1.72. The number of hydrogen-bond acceptors (Lipinski definition) is 4. The Morgan fingerprint density at radius 2 is 1.03 bits per heavy atom. The second kappa shape index (κ2) is 25.9. The van der Waals surface area contributed by atoms with E-state index in [0.29, 0.717) is 0 Å². The molecule has 2 aromatic rings. The van der Waals surface area contributed by atoms with Crippen LogP contribution in [-0.2, 0) is 17.6 Å². The Labute approximate surface area is 210 Å². The first-order valence-corrected chi connectivity index (χ1v) is 13.3. The van der Waals surface area contributed by atoms with Gasteiger partial charge in [0.15, 0.2) is 0 Å². The SMILES string of the molecule is CCCCOCCCC.CCN(CCCc1ccccc1)CCCc1ccccc1.OCCO. The van der Waals surface area contributed by atoms with E-state index < -0.39 is 0 Å². The Bertz CT molecular complexity index is 568. The maximum Gasteiger partial charge on any atom is 0.0662 e. The molecular weight excluding hydrogens is 422 g/mol. The molecule has 0 aliphatic carbocycles. The summed E-state index contributed by atoms with van der Waals surface area (Å²) < 4.78 is 5.31. The quantitative estimate of drug-likeness (QED) is 0.287. The van der Waals surface area contributed by atoms with E-state index in [9.17, 15) is 0 Å². The van der Waals surface area contributed by atoms with Gasteiger partial charge in [-0.1, -0.05) is 94.3 Å². The molecule has 194 valence electrons. The molecule has 2 aromatic carbocycles. The predicted molar refractivity (Wildman–Crippen MR) is 146 cm³/mol. The molecule has 0 saturated carbocycles. The molecule has 2 rings (SSSR count). The molecule has 2 N–H and O–H groups in total. The Balaban J connectivity index is 0.000000697. The average Bonchev–Trinajstić information content (AvgIpc) is 2.89.